The molecule has 0 aliphatic rings. The molecule has 112 valence electrons. The van der Waals surface area contributed by atoms with E-state index in [1.165, 1.54) is 25.3 Å². The molecule has 0 radical (unpaired) electrons. The van der Waals surface area contributed by atoms with Gasteiger partial charge in [-0.3, -0.25) is 4.72 Å². The SMILES string of the molecule is COc1ccc(S(=O)(=O)Nc2ccc(F)cc2F)c(N)c1. The van der Waals surface area contributed by atoms with Crippen molar-refractivity contribution in [2.75, 3.05) is 17.6 Å². The lowest BCUT2D eigenvalue weighted by Gasteiger charge is -2.11. The van der Waals surface area contributed by atoms with Crippen molar-refractivity contribution >= 4 is 21.4 Å². The molecule has 0 spiro atoms. The highest BCUT2D eigenvalue weighted by Gasteiger charge is 2.19. The molecule has 0 aliphatic heterocycles. The van der Waals surface area contributed by atoms with Crippen molar-refractivity contribution in [1.29, 1.82) is 0 Å². The predicted octanol–water partition coefficient (Wildman–Crippen LogP) is 2.36. The van der Waals surface area contributed by atoms with Crippen molar-refractivity contribution in [3.05, 3.63) is 48.0 Å². The highest BCUT2D eigenvalue weighted by Crippen LogP contribution is 2.26. The monoisotopic (exact) mass is 314 g/mol. The smallest absolute Gasteiger partial charge is 0.264 e. The first kappa shape index (κ1) is 15.0. The summed E-state index contributed by atoms with van der Waals surface area (Å²) in [6.07, 6.45) is 0. The molecular weight excluding hydrogens is 302 g/mol. The van der Waals surface area contributed by atoms with Crippen molar-refractivity contribution in [1.82, 2.24) is 0 Å². The summed E-state index contributed by atoms with van der Waals surface area (Å²) >= 11 is 0. The fraction of sp³-hybridized carbons (Fsp3) is 0.0769. The van der Waals surface area contributed by atoms with E-state index in [1.807, 2.05) is 4.72 Å². The molecule has 0 aromatic heterocycles. The number of sulfonamides is 1. The summed E-state index contributed by atoms with van der Waals surface area (Å²) in [6.45, 7) is 0. The molecule has 0 unspecified atom stereocenters. The Labute approximate surface area is 120 Å². The minimum Gasteiger partial charge on any atom is -0.497 e. The Bertz CT molecular complexity index is 779. The van der Waals surface area contributed by atoms with Gasteiger partial charge in [0.15, 0.2) is 0 Å². The molecule has 0 saturated carbocycles. The van der Waals surface area contributed by atoms with Crippen LogP contribution in [-0.4, -0.2) is 15.5 Å². The first-order valence-electron chi connectivity index (χ1n) is 5.75. The average molecular weight is 314 g/mol. The molecule has 0 bridgehead atoms. The van der Waals surface area contributed by atoms with Crippen LogP contribution in [0.2, 0.25) is 0 Å². The molecule has 0 aliphatic carbocycles. The topological polar surface area (TPSA) is 81.4 Å². The van der Waals surface area contributed by atoms with E-state index >= 15 is 0 Å². The Morgan fingerprint density at radius 1 is 1.14 bits per heavy atom. The second-order valence-electron chi connectivity index (χ2n) is 4.13. The van der Waals surface area contributed by atoms with Crippen molar-refractivity contribution in [3.8, 4) is 5.75 Å². The zero-order chi connectivity index (χ0) is 15.6. The third kappa shape index (κ3) is 3.22. The van der Waals surface area contributed by atoms with E-state index in [4.69, 9.17) is 10.5 Å². The largest absolute Gasteiger partial charge is 0.497 e. The summed E-state index contributed by atoms with van der Waals surface area (Å²) in [5.74, 6) is -1.44. The quantitative estimate of drug-likeness (QED) is 0.849. The molecule has 8 heteroatoms. The Hall–Kier alpha value is -2.35. The highest BCUT2D eigenvalue weighted by molar-refractivity contribution is 7.92. The summed E-state index contributed by atoms with van der Waals surface area (Å²) in [5.41, 5.74) is 5.23. The van der Waals surface area contributed by atoms with Gasteiger partial charge >= 0.3 is 0 Å². The van der Waals surface area contributed by atoms with Gasteiger partial charge in [0.2, 0.25) is 0 Å². The maximum atomic E-state index is 13.5. The fourth-order valence-electron chi connectivity index (χ4n) is 1.67. The van der Waals surface area contributed by atoms with Crippen LogP contribution in [0.5, 0.6) is 5.75 Å². The number of nitrogens with two attached hydrogens (primary N) is 1. The molecule has 0 saturated heterocycles. The number of halogens is 2. The summed E-state index contributed by atoms with van der Waals surface area (Å²) < 4.78 is 57.6. The van der Waals surface area contributed by atoms with Gasteiger partial charge in [-0.15, -0.1) is 0 Å². The molecule has 21 heavy (non-hydrogen) atoms. The Kier molecular flexibility index (Phi) is 3.99. The van der Waals surface area contributed by atoms with Gasteiger partial charge in [-0.05, 0) is 24.3 Å². The van der Waals surface area contributed by atoms with E-state index in [1.54, 1.807) is 0 Å². The van der Waals surface area contributed by atoms with Gasteiger partial charge in [-0.1, -0.05) is 0 Å². The van der Waals surface area contributed by atoms with Gasteiger partial charge in [0.1, 0.15) is 22.3 Å². The van der Waals surface area contributed by atoms with E-state index in [2.05, 4.69) is 0 Å². The van der Waals surface area contributed by atoms with Gasteiger partial charge in [-0.2, -0.15) is 0 Å². The number of hydrogen-bond acceptors (Lipinski definition) is 4. The fourth-order valence-corrected chi connectivity index (χ4v) is 2.85. The van der Waals surface area contributed by atoms with Crippen LogP contribution >= 0.6 is 0 Å². The lowest BCUT2D eigenvalue weighted by atomic mass is 10.3. The molecule has 2 aromatic rings. The number of hydrogen-bond donors (Lipinski definition) is 2. The number of ether oxygens (including phenoxy) is 1. The molecule has 0 atom stereocenters. The van der Waals surface area contributed by atoms with Gasteiger partial charge < -0.3 is 10.5 Å². The van der Waals surface area contributed by atoms with Crippen LogP contribution in [0.1, 0.15) is 0 Å². The maximum absolute atomic E-state index is 13.5. The lowest BCUT2D eigenvalue weighted by Crippen LogP contribution is -2.15. The van der Waals surface area contributed by atoms with E-state index in [0.717, 1.165) is 12.1 Å². The van der Waals surface area contributed by atoms with Crippen molar-refractivity contribution in [2.24, 2.45) is 0 Å². The van der Waals surface area contributed by atoms with Crippen LogP contribution in [0.15, 0.2) is 41.3 Å². The zero-order valence-corrected chi connectivity index (χ0v) is 11.7. The number of anilines is 2. The summed E-state index contributed by atoms with van der Waals surface area (Å²) in [4.78, 5) is -0.230. The first-order chi connectivity index (χ1) is 9.83. The third-order valence-corrected chi connectivity index (χ3v) is 4.12. The predicted molar refractivity (Wildman–Crippen MR) is 74.6 cm³/mol. The number of rotatable bonds is 4. The molecule has 5 nitrogen and oxygen atoms in total. The van der Waals surface area contributed by atoms with Gasteiger partial charge in [0, 0.05) is 12.1 Å². The van der Waals surface area contributed by atoms with Crippen molar-refractivity contribution in [3.63, 3.8) is 0 Å². The number of nitrogen functional groups attached to an aromatic ring is 1. The van der Waals surface area contributed by atoms with Crippen LogP contribution in [0, 0.1) is 11.6 Å². The minimum absolute atomic E-state index is 0.0515. The maximum Gasteiger partial charge on any atom is 0.264 e. The van der Waals surface area contributed by atoms with Crippen LogP contribution in [0.25, 0.3) is 0 Å². The Morgan fingerprint density at radius 2 is 1.86 bits per heavy atom. The zero-order valence-electron chi connectivity index (χ0n) is 10.9. The Balaban J connectivity index is 2.38. The van der Waals surface area contributed by atoms with Crippen LogP contribution < -0.4 is 15.2 Å². The minimum atomic E-state index is -4.10. The summed E-state index contributed by atoms with van der Waals surface area (Å²) in [6, 6.07) is 6.48. The van der Waals surface area contributed by atoms with Gasteiger partial charge in [-0.25, -0.2) is 17.2 Å². The van der Waals surface area contributed by atoms with Crippen LogP contribution in [-0.2, 0) is 10.0 Å². The number of benzene rings is 2. The normalized spacial score (nSPS) is 11.2. The van der Waals surface area contributed by atoms with E-state index in [-0.39, 0.29) is 16.3 Å². The van der Waals surface area contributed by atoms with Crippen LogP contribution in [0.4, 0.5) is 20.2 Å². The molecule has 0 amide bonds. The summed E-state index contributed by atoms with van der Waals surface area (Å²) in [7, 11) is -2.69. The van der Waals surface area contributed by atoms with Crippen LogP contribution in [0.3, 0.4) is 0 Å². The molecule has 2 rings (SSSR count). The van der Waals surface area contributed by atoms with E-state index in [9.17, 15) is 17.2 Å². The van der Waals surface area contributed by atoms with E-state index in [0.29, 0.717) is 11.8 Å². The molecule has 2 aromatic carbocycles. The number of methoxy groups -OCH3 is 1. The van der Waals surface area contributed by atoms with E-state index < -0.39 is 21.7 Å². The first-order valence-corrected chi connectivity index (χ1v) is 7.23. The lowest BCUT2D eigenvalue weighted by molar-refractivity contribution is 0.414. The number of nitrogens with one attached hydrogen (secondary N) is 1. The highest BCUT2D eigenvalue weighted by atomic mass is 32.2. The van der Waals surface area contributed by atoms with Crippen molar-refractivity contribution < 1.29 is 21.9 Å². The standard InChI is InChI=1S/C13H12F2N2O3S/c1-20-9-3-5-13(11(16)7-9)21(18,19)17-12-4-2-8(14)6-10(12)15/h2-7,17H,16H2,1H3. The van der Waals surface area contributed by atoms with Gasteiger partial charge in [0.05, 0.1) is 18.5 Å². The second-order valence-corrected chi connectivity index (χ2v) is 5.78. The Morgan fingerprint density at radius 3 is 2.43 bits per heavy atom. The second kappa shape index (κ2) is 5.57. The third-order valence-electron chi connectivity index (χ3n) is 2.68. The molecule has 3 N–H and O–H groups in total. The van der Waals surface area contributed by atoms with Crippen molar-refractivity contribution in [2.45, 2.75) is 4.90 Å². The molecular formula is C13H12F2N2O3S. The van der Waals surface area contributed by atoms with Gasteiger partial charge in [0.25, 0.3) is 10.0 Å². The summed E-state index contributed by atoms with van der Waals surface area (Å²) in [5, 5.41) is 0. The molecule has 0 heterocycles. The average Bonchev–Trinajstić information content (AvgIpc) is 2.41. The molecule has 0 fully saturated rings.